The molecule has 0 aliphatic heterocycles. The van der Waals surface area contributed by atoms with Crippen LogP contribution >= 0.6 is 15.9 Å². The quantitative estimate of drug-likeness (QED) is 0.391. The molecule has 0 radical (unpaired) electrons. The van der Waals surface area contributed by atoms with Crippen LogP contribution in [0.5, 0.6) is 0 Å². The minimum atomic E-state index is -3.73. The summed E-state index contributed by atoms with van der Waals surface area (Å²) in [4.78, 5) is 0.152. The van der Waals surface area contributed by atoms with Crippen LogP contribution in [0.25, 0.3) is 0 Å². The molecule has 0 bridgehead atoms. The Labute approximate surface area is 163 Å². The van der Waals surface area contributed by atoms with Crippen LogP contribution in [-0.4, -0.2) is 41.5 Å². The van der Waals surface area contributed by atoms with E-state index in [9.17, 15) is 8.42 Å². The number of rotatable bonds is 11. The number of aryl methyl sites for hydroxylation is 1. The van der Waals surface area contributed by atoms with Crippen molar-refractivity contribution in [3.05, 3.63) is 64.1 Å². The maximum atomic E-state index is 12.0. The summed E-state index contributed by atoms with van der Waals surface area (Å²) >= 11 is 3.40. The van der Waals surface area contributed by atoms with Gasteiger partial charge in [-0.25, -0.2) is 0 Å². The monoisotopic (exact) mass is 442 g/mol. The molecule has 0 atom stereocenters. The van der Waals surface area contributed by atoms with Gasteiger partial charge in [-0.15, -0.1) is 0 Å². The van der Waals surface area contributed by atoms with Crippen LogP contribution in [0.3, 0.4) is 0 Å². The van der Waals surface area contributed by atoms with E-state index in [-0.39, 0.29) is 18.1 Å². The first-order valence-electron chi connectivity index (χ1n) is 8.33. The van der Waals surface area contributed by atoms with Crippen molar-refractivity contribution in [2.75, 3.05) is 33.0 Å². The highest BCUT2D eigenvalue weighted by molar-refractivity contribution is 9.10. The van der Waals surface area contributed by atoms with Crippen molar-refractivity contribution in [1.82, 2.24) is 0 Å². The van der Waals surface area contributed by atoms with E-state index in [0.717, 1.165) is 16.5 Å². The third kappa shape index (κ3) is 7.55. The first-order chi connectivity index (χ1) is 12.5. The van der Waals surface area contributed by atoms with Gasteiger partial charge in [-0.3, -0.25) is 4.18 Å². The molecule has 0 heterocycles. The van der Waals surface area contributed by atoms with E-state index in [1.54, 1.807) is 12.1 Å². The second-order valence-corrected chi connectivity index (χ2v) is 8.22. The van der Waals surface area contributed by atoms with Gasteiger partial charge in [0.2, 0.25) is 0 Å². The Balaban J connectivity index is 1.52. The fourth-order valence-corrected chi connectivity index (χ4v) is 3.30. The zero-order valence-electron chi connectivity index (χ0n) is 14.7. The molecular weight excluding hydrogens is 420 g/mol. The molecule has 0 spiro atoms. The largest absolute Gasteiger partial charge is 0.379 e. The molecule has 0 unspecified atom stereocenters. The summed E-state index contributed by atoms with van der Waals surface area (Å²) < 4.78 is 40.8. The van der Waals surface area contributed by atoms with E-state index in [1.807, 2.05) is 19.1 Å². The zero-order valence-corrected chi connectivity index (χ0v) is 17.1. The highest BCUT2D eigenvalue weighted by Gasteiger charge is 2.14. The van der Waals surface area contributed by atoms with E-state index < -0.39 is 10.1 Å². The normalized spacial score (nSPS) is 11.6. The Hall–Kier alpha value is -1.25. The van der Waals surface area contributed by atoms with Gasteiger partial charge in [-0.2, -0.15) is 8.42 Å². The van der Waals surface area contributed by atoms with Crippen molar-refractivity contribution in [3.63, 3.8) is 0 Å². The molecular formula is C19H23BrO5S. The third-order valence-corrected chi connectivity index (χ3v) is 5.45. The number of benzene rings is 2. The lowest BCUT2D eigenvalue weighted by molar-refractivity contribution is 0.0381. The summed E-state index contributed by atoms with van der Waals surface area (Å²) in [6, 6.07) is 14.6. The molecule has 0 saturated heterocycles. The molecule has 7 heteroatoms. The van der Waals surface area contributed by atoms with Gasteiger partial charge in [0.05, 0.1) is 37.9 Å². The maximum absolute atomic E-state index is 12.0. The van der Waals surface area contributed by atoms with Crippen molar-refractivity contribution < 1.29 is 22.1 Å². The Morgan fingerprint density at radius 1 is 0.808 bits per heavy atom. The van der Waals surface area contributed by atoms with Crippen LogP contribution < -0.4 is 0 Å². The van der Waals surface area contributed by atoms with Crippen molar-refractivity contribution in [2.45, 2.75) is 18.2 Å². The Morgan fingerprint density at radius 2 is 1.38 bits per heavy atom. The Morgan fingerprint density at radius 3 is 2.04 bits per heavy atom. The summed E-state index contributed by atoms with van der Waals surface area (Å²) in [6.07, 6.45) is 0.838. The maximum Gasteiger partial charge on any atom is 0.297 e. The lowest BCUT2D eigenvalue weighted by Crippen LogP contribution is -2.14. The van der Waals surface area contributed by atoms with Gasteiger partial charge in [-0.05, 0) is 43.2 Å². The lowest BCUT2D eigenvalue weighted by Gasteiger charge is -2.08. The lowest BCUT2D eigenvalue weighted by atomic mass is 10.2. The molecule has 0 aliphatic rings. The summed E-state index contributed by atoms with van der Waals surface area (Å²) in [7, 11) is -3.73. The highest BCUT2D eigenvalue weighted by atomic mass is 79.9. The van der Waals surface area contributed by atoms with Gasteiger partial charge in [0.1, 0.15) is 0 Å². The van der Waals surface area contributed by atoms with Crippen molar-refractivity contribution >= 4 is 26.0 Å². The number of hydrogen-bond acceptors (Lipinski definition) is 5. The summed E-state index contributed by atoms with van der Waals surface area (Å²) in [6.45, 7) is 3.54. The van der Waals surface area contributed by atoms with Crippen molar-refractivity contribution in [3.8, 4) is 0 Å². The SMILES string of the molecule is Cc1ccc(S(=O)(=O)OCCOCCOCCc2ccc(Br)cc2)cc1. The molecule has 0 N–H and O–H groups in total. The van der Waals surface area contributed by atoms with Gasteiger partial charge in [0.15, 0.2) is 0 Å². The minimum absolute atomic E-state index is 0.0187. The van der Waals surface area contributed by atoms with E-state index in [0.29, 0.717) is 19.8 Å². The molecule has 5 nitrogen and oxygen atoms in total. The van der Waals surface area contributed by atoms with Gasteiger partial charge in [-0.1, -0.05) is 45.8 Å². The van der Waals surface area contributed by atoms with E-state index in [4.69, 9.17) is 13.7 Å². The zero-order chi connectivity index (χ0) is 18.8. The highest BCUT2D eigenvalue weighted by Crippen LogP contribution is 2.13. The van der Waals surface area contributed by atoms with Crippen LogP contribution in [0.4, 0.5) is 0 Å². The number of ether oxygens (including phenoxy) is 2. The fraction of sp³-hybridized carbons (Fsp3) is 0.368. The smallest absolute Gasteiger partial charge is 0.297 e. The molecule has 2 aromatic carbocycles. The molecule has 0 aromatic heterocycles. The molecule has 142 valence electrons. The summed E-state index contributed by atoms with van der Waals surface area (Å²) in [5.41, 5.74) is 2.20. The van der Waals surface area contributed by atoms with Gasteiger partial charge < -0.3 is 9.47 Å². The van der Waals surface area contributed by atoms with Crippen LogP contribution in [-0.2, 0) is 30.2 Å². The van der Waals surface area contributed by atoms with Crippen LogP contribution in [0, 0.1) is 6.92 Å². The molecule has 2 rings (SSSR count). The number of halogens is 1. The average Bonchev–Trinajstić information content (AvgIpc) is 2.62. The molecule has 26 heavy (non-hydrogen) atoms. The first-order valence-corrected chi connectivity index (χ1v) is 10.5. The second-order valence-electron chi connectivity index (χ2n) is 5.69. The summed E-state index contributed by atoms with van der Waals surface area (Å²) in [5.74, 6) is 0. The second kappa shape index (κ2) is 10.8. The first kappa shape index (κ1) is 21.1. The standard InChI is InChI=1S/C19H23BrO5S/c1-16-2-8-19(9-3-16)26(21,22)25-15-14-24-13-12-23-11-10-17-4-6-18(20)7-5-17/h2-9H,10-15H2,1H3. The van der Waals surface area contributed by atoms with Gasteiger partial charge in [0.25, 0.3) is 10.1 Å². The predicted octanol–water partition coefficient (Wildman–Crippen LogP) is 3.74. The minimum Gasteiger partial charge on any atom is -0.379 e. The van der Waals surface area contributed by atoms with E-state index >= 15 is 0 Å². The Bertz CT molecular complexity index is 758. The average molecular weight is 443 g/mol. The van der Waals surface area contributed by atoms with Crippen molar-refractivity contribution in [2.24, 2.45) is 0 Å². The van der Waals surface area contributed by atoms with Crippen LogP contribution in [0.1, 0.15) is 11.1 Å². The van der Waals surface area contributed by atoms with Crippen molar-refractivity contribution in [1.29, 1.82) is 0 Å². The topological polar surface area (TPSA) is 61.8 Å². The Kier molecular flexibility index (Phi) is 8.74. The van der Waals surface area contributed by atoms with Gasteiger partial charge >= 0.3 is 0 Å². The number of hydrogen-bond donors (Lipinski definition) is 0. The third-order valence-electron chi connectivity index (χ3n) is 3.60. The van der Waals surface area contributed by atoms with E-state index in [1.165, 1.54) is 17.7 Å². The molecule has 0 amide bonds. The van der Waals surface area contributed by atoms with Crippen LogP contribution in [0.15, 0.2) is 57.9 Å². The fourth-order valence-electron chi connectivity index (χ4n) is 2.14. The van der Waals surface area contributed by atoms with Gasteiger partial charge in [0, 0.05) is 4.47 Å². The summed E-state index contributed by atoms with van der Waals surface area (Å²) in [5, 5.41) is 0. The molecule has 0 fully saturated rings. The molecule has 2 aromatic rings. The van der Waals surface area contributed by atoms with E-state index in [2.05, 4.69) is 28.1 Å². The van der Waals surface area contributed by atoms with Crippen LogP contribution in [0.2, 0.25) is 0 Å². The predicted molar refractivity (Wildman–Crippen MR) is 104 cm³/mol. The molecule has 0 aliphatic carbocycles. The molecule has 0 saturated carbocycles.